The van der Waals surface area contributed by atoms with Crippen LogP contribution in [-0.4, -0.2) is 66.6 Å². The molecule has 0 radical (unpaired) electrons. The Morgan fingerprint density at radius 1 is 1.13 bits per heavy atom. The summed E-state index contributed by atoms with van der Waals surface area (Å²) in [6.45, 7) is 8.37. The van der Waals surface area contributed by atoms with E-state index in [1.807, 2.05) is 37.4 Å². The molecule has 2 aliphatic heterocycles. The van der Waals surface area contributed by atoms with E-state index in [1.54, 1.807) is 11.3 Å². The fourth-order valence-corrected chi connectivity index (χ4v) is 5.11. The van der Waals surface area contributed by atoms with Crippen LogP contribution < -0.4 is 10.1 Å². The van der Waals surface area contributed by atoms with Crippen LogP contribution in [0.3, 0.4) is 0 Å². The average molecular weight is 442 g/mol. The largest absolute Gasteiger partial charge is 0.490 e. The third kappa shape index (κ3) is 6.43. The molecule has 0 bridgehead atoms. The van der Waals surface area contributed by atoms with Crippen LogP contribution in [0.5, 0.6) is 5.75 Å². The Labute approximate surface area is 190 Å². The zero-order valence-electron chi connectivity index (χ0n) is 18.8. The van der Waals surface area contributed by atoms with Gasteiger partial charge in [-0.05, 0) is 50.9 Å². The van der Waals surface area contributed by atoms with Gasteiger partial charge in [-0.15, -0.1) is 11.3 Å². The first kappa shape index (κ1) is 22.1. The van der Waals surface area contributed by atoms with E-state index in [2.05, 4.69) is 37.4 Å². The maximum Gasteiger partial charge on any atom is 0.193 e. The Kier molecular flexibility index (Phi) is 7.81. The zero-order chi connectivity index (χ0) is 21.5. The van der Waals surface area contributed by atoms with Crippen molar-refractivity contribution in [3.63, 3.8) is 0 Å². The van der Waals surface area contributed by atoms with Crippen molar-refractivity contribution < 1.29 is 4.74 Å². The SMILES string of the molecule is CN=C(NCC1CCN(Cc2csc(C)n2)CC1)N1CCC(Oc2ccccc2)CC1. The smallest absolute Gasteiger partial charge is 0.193 e. The van der Waals surface area contributed by atoms with Crippen LogP contribution in [0.2, 0.25) is 0 Å². The topological polar surface area (TPSA) is 53.0 Å². The van der Waals surface area contributed by atoms with Gasteiger partial charge in [0.15, 0.2) is 5.96 Å². The van der Waals surface area contributed by atoms with E-state index >= 15 is 0 Å². The Hall–Kier alpha value is -2.12. The number of hydrogen-bond donors (Lipinski definition) is 1. The molecule has 2 aromatic rings. The van der Waals surface area contributed by atoms with E-state index in [1.165, 1.54) is 18.5 Å². The van der Waals surface area contributed by atoms with Crippen LogP contribution >= 0.6 is 11.3 Å². The lowest BCUT2D eigenvalue weighted by molar-refractivity contribution is 0.129. The third-order valence-corrected chi connectivity index (χ3v) is 7.13. The van der Waals surface area contributed by atoms with Crippen LogP contribution in [0.1, 0.15) is 36.4 Å². The van der Waals surface area contributed by atoms with Crippen molar-refractivity contribution in [3.05, 3.63) is 46.4 Å². The van der Waals surface area contributed by atoms with Crippen molar-refractivity contribution in [3.8, 4) is 5.75 Å². The lowest BCUT2D eigenvalue weighted by Crippen LogP contribution is -2.49. The summed E-state index contributed by atoms with van der Waals surface area (Å²) in [5, 5.41) is 7.01. The summed E-state index contributed by atoms with van der Waals surface area (Å²) in [5.74, 6) is 2.72. The second-order valence-electron chi connectivity index (χ2n) is 8.62. The number of nitrogens with one attached hydrogen (secondary N) is 1. The number of aliphatic imine (C=N–C) groups is 1. The minimum Gasteiger partial charge on any atom is -0.490 e. The van der Waals surface area contributed by atoms with Gasteiger partial charge in [0, 0.05) is 51.4 Å². The molecular weight excluding hydrogens is 406 g/mol. The Bertz CT molecular complexity index is 824. The first-order chi connectivity index (χ1) is 15.2. The molecule has 1 aromatic carbocycles. The van der Waals surface area contributed by atoms with Gasteiger partial charge in [-0.25, -0.2) is 4.98 Å². The molecule has 0 unspecified atom stereocenters. The molecule has 0 atom stereocenters. The minimum absolute atomic E-state index is 0.294. The van der Waals surface area contributed by atoms with Crippen LogP contribution in [0.25, 0.3) is 0 Å². The van der Waals surface area contributed by atoms with Crippen molar-refractivity contribution in [1.82, 2.24) is 20.1 Å². The molecule has 0 spiro atoms. The first-order valence-corrected chi connectivity index (χ1v) is 12.4. The van der Waals surface area contributed by atoms with E-state index in [0.29, 0.717) is 12.0 Å². The highest BCUT2D eigenvalue weighted by atomic mass is 32.1. The number of benzene rings is 1. The molecule has 168 valence electrons. The van der Waals surface area contributed by atoms with Crippen molar-refractivity contribution >= 4 is 17.3 Å². The number of aryl methyl sites for hydroxylation is 1. The van der Waals surface area contributed by atoms with E-state index < -0.39 is 0 Å². The molecule has 2 aliphatic rings. The molecule has 1 aromatic heterocycles. The number of rotatable bonds is 6. The molecule has 6 nitrogen and oxygen atoms in total. The molecule has 2 saturated heterocycles. The monoisotopic (exact) mass is 441 g/mol. The number of thiazole rings is 1. The lowest BCUT2D eigenvalue weighted by Gasteiger charge is -2.36. The molecule has 31 heavy (non-hydrogen) atoms. The second-order valence-corrected chi connectivity index (χ2v) is 9.69. The van der Waals surface area contributed by atoms with Gasteiger partial charge in [-0.1, -0.05) is 18.2 Å². The van der Waals surface area contributed by atoms with Gasteiger partial charge in [0.1, 0.15) is 11.9 Å². The molecule has 3 heterocycles. The van der Waals surface area contributed by atoms with Crippen LogP contribution in [0.15, 0.2) is 40.7 Å². The third-order valence-electron chi connectivity index (χ3n) is 6.31. The van der Waals surface area contributed by atoms with E-state index in [-0.39, 0.29) is 0 Å². The van der Waals surface area contributed by atoms with Gasteiger partial charge in [0.25, 0.3) is 0 Å². The number of likely N-dealkylation sites (tertiary alicyclic amines) is 2. The zero-order valence-corrected chi connectivity index (χ0v) is 19.6. The van der Waals surface area contributed by atoms with Crippen LogP contribution in [0.4, 0.5) is 0 Å². The summed E-state index contributed by atoms with van der Waals surface area (Å²) in [5.41, 5.74) is 1.22. The first-order valence-electron chi connectivity index (χ1n) is 11.5. The van der Waals surface area contributed by atoms with Crippen molar-refractivity contribution in [2.45, 2.75) is 45.3 Å². The quantitative estimate of drug-likeness (QED) is 0.546. The Morgan fingerprint density at radius 3 is 2.52 bits per heavy atom. The molecule has 7 heteroatoms. The fourth-order valence-electron chi connectivity index (χ4n) is 4.50. The fraction of sp³-hybridized carbons (Fsp3) is 0.583. The van der Waals surface area contributed by atoms with Crippen molar-refractivity contribution in [1.29, 1.82) is 0 Å². The van der Waals surface area contributed by atoms with Gasteiger partial charge in [0.2, 0.25) is 0 Å². The molecule has 0 amide bonds. The molecular formula is C24H35N5OS. The van der Waals surface area contributed by atoms with Crippen molar-refractivity contribution in [2.75, 3.05) is 39.8 Å². The van der Waals surface area contributed by atoms with E-state index in [4.69, 9.17) is 4.74 Å². The Morgan fingerprint density at radius 2 is 1.87 bits per heavy atom. The van der Waals surface area contributed by atoms with E-state index in [0.717, 1.165) is 68.8 Å². The highest BCUT2D eigenvalue weighted by Gasteiger charge is 2.24. The molecule has 0 saturated carbocycles. The summed E-state index contributed by atoms with van der Waals surface area (Å²) in [6, 6.07) is 10.2. The minimum atomic E-state index is 0.294. The highest BCUT2D eigenvalue weighted by molar-refractivity contribution is 7.09. The lowest BCUT2D eigenvalue weighted by atomic mass is 9.96. The predicted octanol–water partition coefficient (Wildman–Crippen LogP) is 3.78. The summed E-state index contributed by atoms with van der Waals surface area (Å²) >= 11 is 1.75. The average Bonchev–Trinajstić information content (AvgIpc) is 3.21. The summed E-state index contributed by atoms with van der Waals surface area (Å²) in [4.78, 5) is 14.1. The second kappa shape index (κ2) is 11.0. The van der Waals surface area contributed by atoms with Crippen LogP contribution in [0, 0.1) is 12.8 Å². The van der Waals surface area contributed by atoms with Gasteiger partial charge in [-0.3, -0.25) is 9.89 Å². The number of para-hydroxylation sites is 1. The normalized spacial score (nSPS) is 19.5. The number of ether oxygens (including phenoxy) is 1. The molecule has 1 N–H and O–H groups in total. The molecule has 0 aliphatic carbocycles. The van der Waals surface area contributed by atoms with Gasteiger partial charge < -0.3 is 15.0 Å². The number of nitrogens with zero attached hydrogens (tertiary/aromatic N) is 4. The number of hydrogen-bond acceptors (Lipinski definition) is 5. The summed E-state index contributed by atoms with van der Waals surface area (Å²) in [6.07, 6.45) is 4.83. The standard InChI is InChI=1S/C24H35N5OS/c1-19-27-21(18-31-19)17-28-12-8-20(9-13-28)16-26-24(25-2)29-14-10-23(11-15-29)30-22-6-4-3-5-7-22/h3-7,18,20,23H,8-17H2,1-2H3,(H,25,26). The number of guanidine groups is 1. The Balaban J connectivity index is 1.16. The van der Waals surface area contributed by atoms with E-state index in [9.17, 15) is 0 Å². The van der Waals surface area contributed by atoms with Crippen molar-refractivity contribution in [2.24, 2.45) is 10.9 Å². The molecule has 4 rings (SSSR count). The highest BCUT2D eigenvalue weighted by Crippen LogP contribution is 2.21. The molecule has 2 fully saturated rings. The summed E-state index contributed by atoms with van der Waals surface area (Å²) < 4.78 is 6.13. The number of aromatic nitrogens is 1. The maximum atomic E-state index is 6.13. The summed E-state index contributed by atoms with van der Waals surface area (Å²) in [7, 11) is 1.90. The van der Waals surface area contributed by atoms with Gasteiger partial charge in [0.05, 0.1) is 10.7 Å². The van der Waals surface area contributed by atoms with Crippen LogP contribution in [-0.2, 0) is 6.54 Å². The maximum absolute atomic E-state index is 6.13. The number of piperidine rings is 2. The predicted molar refractivity (Wildman–Crippen MR) is 128 cm³/mol. The van der Waals surface area contributed by atoms with Gasteiger partial charge in [-0.2, -0.15) is 0 Å². The van der Waals surface area contributed by atoms with Gasteiger partial charge >= 0.3 is 0 Å².